The molecule has 0 spiro atoms. The Morgan fingerprint density at radius 1 is 1.39 bits per heavy atom. The van der Waals surface area contributed by atoms with Crippen molar-refractivity contribution in [3.63, 3.8) is 0 Å². The Kier molecular flexibility index (Phi) is 3.62. The maximum absolute atomic E-state index is 10.5. The van der Waals surface area contributed by atoms with Crippen LogP contribution in [-0.2, 0) is 17.6 Å². The van der Waals surface area contributed by atoms with E-state index in [1.165, 1.54) is 6.26 Å². The van der Waals surface area contributed by atoms with E-state index in [9.17, 15) is 4.79 Å². The summed E-state index contributed by atoms with van der Waals surface area (Å²) in [5.41, 5.74) is 1.46. The summed E-state index contributed by atoms with van der Waals surface area (Å²) in [6, 6.07) is 7.55. The number of oxazole rings is 1. The van der Waals surface area contributed by atoms with E-state index < -0.39 is 5.97 Å². The molecule has 0 atom stereocenters. The number of carboxylic acids is 1. The fourth-order valence-electron chi connectivity index (χ4n) is 1.58. The molecule has 0 bridgehead atoms. The molecule has 5 nitrogen and oxygen atoms in total. The number of nitrogens with zero attached hydrogens (tertiary/aromatic N) is 1. The van der Waals surface area contributed by atoms with Crippen molar-refractivity contribution < 1.29 is 19.1 Å². The van der Waals surface area contributed by atoms with E-state index in [-0.39, 0.29) is 6.42 Å². The summed E-state index contributed by atoms with van der Waals surface area (Å²) in [4.78, 5) is 14.6. The van der Waals surface area contributed by atoms with Gasteiger partial charge < -0.3 is 14.3 Å². The molecule has 0 radical (unpaired) electrons. The zero-order chi connectivity index (χ0) is 13.0. The minimum absolute atomic E-state index is 0.119. The summed E-state index contributed by atoms with van der Waals surface area (Å²) < 4.78 is 10.3. The molecule has 2 rings (SSSR count). The zero-order valence-corrected chi connectivity index (χ0v) is 9.92. The Hall–Kier alpha value is -2.30. The van der Waals surface area contributed by atoms with Crippen LogP contribution in [0, 0.1) is 0 Å². The fraction of sp³-hybridized carbons (Fsp3) is 0.231. The molecule has 1 N–H and O–H groups in total. The van der Waals surface area contributed by atoms with E-state index in [1.807, 2.05) is 24.3 Å². The van der Waals surface area contributed by atoms with Crippen LogP contribution in [-0.4, -0.2) is 23.2 Å². The third-order valence-electron chi connectivity index (χ3n) is 2.45. The van der Waals surface area contributed by atoms with Gasteiger partial charge in [0.25, 0.3) is 0 Å². The van der Waals surface area contributed by atoms with Crippen molar-refractivity contribution in [1.29, 1.82) is 0 Å². The molecule has 0 amide bonds. The van der Waals surface area contributed by atoms with Crippen molar-refractivity contribution in [2.45, 2.75) is 12.8 Å². The topological polar surface area (TPSA) is 72.6 Å². The smallest absolute Gasteiger partial charge is 0.309 e. The van der Waals surface area contributed by atoms with Crippen molar-refractivity contribution in [2.24, 2.45) is 0 Å². The molecule has 2 aromatic rings. The molecule has 0 aliphatic heterocycles. The molecule has 1 heterocycles. The highest BCUT2D eigenvalue weighted by Crippen LogP contribution is 2.14. The summed E-state index contributed by atoms with van der Waals surface area (Å²) in [6.45, 7) is 0. The van der Waals surface area contributed by atoms with Crippen LogP contribution >= 0.6 is 0 Å². The van der Waals surface area contributed by atoms with Gasteiger partial charge in [0, 0.05) is 6.42 Å². The van der Waals surface area contributed by atoms with Crippen molar-refractivity contribution in [1.82, 2.24) is 4.98 Å². The highest BCUT2D eigenvalue weighted by molar-refractivity contribution is 5.69. The lowest BCUT2D eigenvalue weighted by Gasteiger charge is -2.00. The van der Waals surface area contributed by atoms with Crippen molar-refractivity contribution in [2.75, 3.05) is 7.11 Å². The van der Waals surface area contributed by atoms with Gasteiger partial charge in [-0.1, -0.05) is 12.1 Å². The van der Waals surface area contributed by atoms with Gasteiger partial charge in [-0.15, -0.1) is 0 Å². The monoisotopic (exact) mass is 247 g/mol. The Labute approximate surface area is 104 Å². The van der Waals surface area contributed by atoms with Gasteiger partial charge in [0.1, 0.15) is 12.0 Å². The lowest BCUT2D eigenvalue weighted by molar-refractivity contribution is -0.136. The average Bonchev–Trinajstić information content (AvgIpc) is 2.76. The van der Waals surface area contributed by atoms with E-state index in [0.717, 1.165) is 11.3 Å². The first kappa shape index (κ1) is 12.2. The first-order valence-corrected chi connectivity index (χ1v) is 5.45. The largest absolute Gasteiger partial charge is 0.497 e. The number of ether oxygens (including phenoxy) is 1. The highest BCUT2D eigenvalue weighted by atomic mass is 16.5. The van der Waals surface area contributed by atoms with E-state index in [4.69, 9.17) is 14.3 Å². The number of rotatable bonds is 5. The second-order valence-corrected chi connectivity index (χ2v) is 3.83. The van der Waals surface area contributed by atoms with Crippen LogP contribution in [0.15, 0.2) is 34.9 Å². The van der Waals surface area contributed by atoms with Crippen LogP contribution in [0.4, 0.5) is 0 Å². The van der Waals surface area contributed by atoms with E-state index in [1.54, 1.807) is 7.11 Å². The summed E-state index contributed by atoms with van der Waals surface area (Å²) >= 11 is 0. The van der Waals surface area contributed by atoms with Gasteiger partial charge in [0.2, 0.25) is 0 Å². The molecular formula is C13H13NO4. The molecule has 1 aromatic heterocycles. The number of carboxylic acid groups (broad SMARTS) is 1. The quantitative estimate of drug-likeness (QED) is 0.873. The molecule has 0 saturated heterocycles. The normalized spacial score (nSPS) is 10.3. The number of aliphatic carboxylic acids is 1. The van der Waals surface area contributed by atoms with Gasteiger partial charge in [-0.05, 0) is 17.7 Å². The number of benzene rings is 1. The summed E-state index contributed by atoms with van der Waals surface area (Å²) in [5.74, 6) is 0.383. The van der Waals surface area contributed by atoms with Gasteiger partial charge in [-0.25, -0.2) is 4.98 Å². The molecular weight excluding hydrogens is 234 g/mol. The van der Waals surface area contributed by atoms with Crippen LogP contribution in [0.1, 0.15) is 17.1 Å². The SMILES string of the molecule is COc1ccc(Cc2nc(CC(=O)O)co2)cc1. The molecule has 0 saturated carbocycles. The third kappa shape index (κ3) is 3.10. The Balaban J connectivity index is 2.03. The van der Waals surface area contributed by atoms with Crippen LogP contribution in [0.5, 0.6) is 5.75 Å². The van der Waals surface area contributed by atoms with Crippen LogP contribution in [0.2, 0.25) is 0 Å². The predicted molar refractivity (Wildman–Crippen MR) is 63.6 cm³/mol. The summed E-state index contributed by atoms with van der Waals surface area (Å²) in [7, 11) is 1.61. The first-order valence-electron chi connectivity index (χ1n) is 5.45. The Bertz CT molecular complexity index is 530. The molecule has 5 heteroatoms. The number of hydrogen-bond acceptors (Lipinski definition) is 4. The number of carbonyl (C=O) groups is 1. The molecule has 0 fully saturated rings. The number of hydrogen-bond donors (Lipinski definition) is 1. The van der Waals surface area contributed by atoms with Crippen LogP contribution < -0.4 is 4.74 Å². The standard InChI is InChI=1S/C13H13NO4/c1-17-11-4-2-9(3-5-11)6-12-14-10(8-18-12)7-13(15)16/h2-5,8H,6-7H2,1H3,(H,15,16). The van der Waals surface area contributed by atoms with Gasteiger partial charge in [0.05, 0.1) is 19.2 Å². The van der Waals surface area contributed by atoms with Crippen molar-refractivity contribution in [3.8, 4) is 5.75 Å². The number of methoxy groups -OCH3 is 1. The minimum atomic E-state index is -0.917. The maximum atomic E-state index is 10.5. The molecule has 0 aliphatic rings. The maximum Gasteiger partial charge on any atom is 0.309 e. The van der Waals surface area contributed by atoms with Gasteiger partial charge in [-0.2, -0.15) is 0 Å². The van der Waals surface area contributed by atoms with E-state index >= 15 is 0 Å². The first-order chi connectivity index (χ1) is 8.67. The average molecular weight is 247 g/mol. The van der Waals surface area contributed by atoms with Crippen molar-refractivity contribution >= 4 is 5.97 Å². The van der Waals surface area contributed by atoms with E-state index in [0.29, 0.717) is 18.0 Å². The van der Waals surface area contributed by atoms with Crippen LogP contribution in [0.3, 0.4) is 0 Å². The molecule has 1 aromatic carbocycles. The molecule has 0 aliphatic carbocycles. The summed E-state index contributed by atoms with van der Waals surface area (Å²) in [6.07, 6.45) is 1.79. The molecule has 94 valence electrons. The number of aromatic nitrogens is 1. The fourth-order valence-corrected chi connectivity index (χ4v) is 1.58. The van der Waals surface area contributed by atoms with Crippen molar-refractivity contribution in [3.05, 3.63) is 47.7 Å². The third-order valence-corrected chi connectivity index (χ3v) is 2.45. The Morgan fingerprint density at radius 3 is 2.72 bits per heavy atom. The predicted octanol–water partition coefficient (Wildman–Crippen LogP) is 1.90. The van der Waals surface area contributed by atoms with Gasteiger partial charge in [0.15, 0.2) is 5.89 Å². The molecule has 18 heavy (non-hydrogen) atoms. The zero-order valence-electron chi connectivity index (χ0n) is 9.92. The summed E-state index contributed by atoms with van der Waals surface area (Å²) in [5, 5.41) is 8.63. The van der Waals surface area contributed by atoms with Gasteiger partial charge in [-0.3, -0.25) is 4.79 Å². The highest BCUT2D eigenvalue weighted by Gasteiger charge is 2.08. The van der Waals surface area contributed by atoms with Crippen LogP contribution in [0.25, 0.3) is 0 Å². The lowest BCUT2D eigenvalue weighted by atomic mass is 10.1. The minimum Gasteiger partial charge on any atom is -0.497 e. The lowest BCUT2D eigenvalue weighted by Crippen LogP contribution is -2.00. The second kappa shape index (κ2) is 5.35. The van der Waals surface area contributed by atoms with Gasteiger partial charge >= 0.3 is 5.97 Å². The second-order valence-electron chi connectivity index (χ2n) is 3.83. The molecule has 0 unspecified atom stereocenters. The van der Waals surface area contributed by atoms with E-state index in [2.05, 4.69) is 4.98 Å². The Morgan fingerprint density at radius 2 is 2.11 bits per heavy atom.